The summed E-state index contributed by atoms with van der Waals surface area (Å²) < 4.78 is 6.92. The molecule has 0 fully saturated rings. The van der Waals surface area contributed by atoms with Gasteiger partial charge in [-0.3, -0.25) is 14.2 Å². The van der Waals surface area contributed by atoms with Gasteiger partial charge in [-0.15, -0.1) is 0 Å². The van der Waals surface area contributed by atoms with Crippen molar-refractivity contribution in [1.29, 1.82) is 0 Å². The highest BCUT2D eigenvalue weighted by Gasteiger charge is 2.11. The Bertz CT molecular complexity index is 885. The minimum absolute atomic E-state index is 0.121. The number of rotatable bonds is 6. The number of fused-ring (bicyclic) bond motifs is 1. The number of aromatic amines is 1. The van der Waals surface area contributed by atoms with E-state index < -0.39 is 5.97 Å². The molecular formula is C16H19N3O4S. The van der Waals surface area contributed by atoms with Gasteiger partial charge < -0.3 is 15.0 Å². The lowest BCUT2D eigenvalue weighted by Crippen LogP contribution is -2.22. The molecule has 0 bridgehead atoms. The number of nitrogens with zero attached hydrogens (tertiary/aromatic N) is 1. The molecule has 1 aromatic carbocycles. The van der Waals surface area contributed by atoms with Gasteiger partial charge in [0.25, 0.3) is 5.56 Å². The molecular weight excluding hydrogens is 330 g/mol. The zero-order valence-corrected chi connectivity index (χ0v) is 14.4. The lowest BCUT2D eigenvalue weighted by molar-refractivity contribution is -0.118. The Balaban J connectivity index is 2.13. The highest BCUT2D eigenvalue weighted by atomic mass is 32.1. The van der Waals surface area contributed by atoms with Crippen molar-refractivity contribution in [1.82, 2.24) is 14.9 Å². The molecule has 24 heavy (non-hydrogen) atoms. The maximum Gasteiger partial charge on any atom is 0.338 e. The fourth-order valence-corrected chi connectivity index (χ4v) is 2.58. The van der Waals surface area contributed by atoms with Crippen molar-refractivity contribution in [2.75, 3.05) is 13.2 Å². The number of nitrogens with one attached hydrogen (secondary N) is 2. The maximum atomic E-state index is 12.3. The molecule has 0 saturated carbocycles. The molecule has 0 saturated heterocycles. The van der Waals surface area contributed by atoms with Crippen LogP contribution >= 0.6 is 12.2 Å². The number of benzene rings is 1. The number of aromatic nitrogens is 2. The molecule has 1 aromatic heterocycles. The van der Waals surface area contributed by atoms with Crippen LogP contribution in [0.15, 0.2) is 23.0 Å². The lowest BCUT2D eigenvalue weighted by atomic mass is 10.1. The number of H-pyrrole nitrogens is 1. The first-order valence-electron chi connectivity index (χ1n) is 7.62. The fourth-order valence-electron chi connectivity index (χ4n) is 2.25. The van der Waals surface area contributed by atoms with E-state index in [4.69, 9.17) is 17.0 Å². The van der Waals surface area contributed by atoms with Gasteiger partial charge in [0.05, 0.1) is 23.1 Å². The van der Waals surface area contributed by atoms with E-state index in [0.717, 1.165) is 0 Å². The van der Waals surface area contributed by atoms with Crippen LogP contribution in [-0.4, -0.2) is 34.6 Å². The van der Waals surface area contributed by atoms with Crippen LogP contribution in [0.3, 0.4) is 0 Å². The number of ether oxygens (including phenoxy) is 1. The van der Waals surface area contributed by atoms with Crippen LogP contribution in [0.1, 0.15) is 30.6 Å². The second-order valence-electron chi connectivity index (χ2n) is 5.21. The molecule has 0 aliphatic heterocycles. The van der Waals surface area contributed by atoms with Crippen molar-refractivity contribution in [3.8, 4) is 0 Å². The summed E-state index contributed by atoms with van der Waals surface area (Å²) in [5.41, 5.74) is 0.648. The Morgan fingerprint density at radius 3 is 2.79 bits per heavy atom. The number of hydrogen-bond acceptors (Lipinski definition) is 5. The SMILES string of the molecule is CCn1c(=S)[nH]c2cc(C(=O)OCCCNC(C)=O)ccc2c1=O. The van der Waals surface area contributed by atoms with Gasteiger partial charge in [0.15, 0.2) is 4.77 Å². The highest BCUT2D eigenvalue weighted by molar-refractivity contribution is 7.71. The van der Waals surface area contributed by atoms with Gasteiger partial charge >= 0.3 is 5.97 Å². The van der Waals surface area contributed by atoms with E-state index in [0.29, 0.717) is 40.7 Å². The van der Waals surface area contributed by atoms with E-state index in [9.17, 15) is 14.4 Å². The molecule has 2 rings (SSSR count). The lowest BCUT2D eigenvalue weighted by Gasteiger charge is -2.08. The average Bonchev–Trinajstić information content (AvgIpc) is 2.53. The summed E-state index contributed by atoms with van der Waals surface area (Å²) in [5.74, 6) is -0.609. The van der Waals surface area contributed by atoms with Gasteiger partial charge in [0.1, 0.15) is 0 Å². The number of carbonyl (C=O) groups excluding carboxylic acids is 2. The molecule has 0 aliphatic rings. The van der Waals surface area contributed by atoms with Crippen molar-refractivity contribution >= 4 is 35.0 Å². The third-order valence-electron chi connectivity index (χ3n) is 3.46. The van der Waals surface area contributed by atoms with E-state index in [2.05, 4.69) is 10.3 Å². The van der Waals surface area contributed by atoms with Crippen molar-refractivity contribution in [3.05, 3.63) is 38.9 Å². The van der Waals surface area contributed by atoms with E-state index in [-0.39, 0.29) is 18.1 Å². The zero-order chi connectivity index (χ0) is 17.7. The van der Waals surface area contributed by atoms with Crippen LogP contribution in [0.5, 0.6) is 0 Å². The molecule has 0 unspecified atom stereocenters. The van der Waals surface area contributed by atoms with E-state index in [1.807, 2.05) is 6.92 Å². The van der Waals surface area contributed by atoms with Crippen molar-refractivity contribution in [2.24, 2.45) is 0 Å². The molecule has 0 spiro atoms. The number of amides is 1. The van der Waals surface area contributed by atoms with Gasteiger partial charge in [-0.1, -0.05) is 0 Å². The van der Waals surface area contributed by atoms with E-state index in [1.165, 1.54) is 11.5 Å². The van der Waals surface area contributed by atoms with Crippen molar-refractivity contribution in [3.63, 3.8) is 0 Å². The average molecular weight is 349 g/mol. The molecule has 0 radical (unpaired) electrons. The van der Waals surface area contributed by atoms with Crippen LogP contribution in [0, 0.1) is 4.77 Å². The summed E-state index contributed by atoms with van der Waals surface area (Å²) >= 11 is 5.15. The molecule has 128 valence electrons. The molecule has 2 aromatic rings. The van der Waals surface area contributed by atoms with Gasteiger partial charge in [0, 0.05) is 20.0 Å². The van der Waals surface area contributed by atoms with E-state index >= 15 is 0 Å². The number of hydrogen-bond donors (Lipinski definition) is 2. The first kappa shape index (κ1) is 17.9. The normalized spacial score (nSPS) is 10.6. The van der Waals surface area contributed by atoms with Crippen LogP contribution in [0.2, 0.25) is 0 Å². The summed E-state index contributed by atoms with van der Waals surface area (Å²) in [6.45, 7) is 4.39. The van der Waals surface area contributed by atoms with Gasteiger partial charge in [-0.25, -0.2) is 4.79 Å². The topological polar surface area (TPSA) is 93.2 Å². The summed E-state index contributed by atoms with van der Waals surface area (Å²) in [5, 5.41) is 3.09. The summed E-state index contributed by atoms with van der Waals surface area (Å²) in [6.07, 6.45) is 0.530. The molecule has 1 amide bonds. The Hall–Kier alpha value is -2.48. The zero-order valence-electron chi connectivity index (χ0n) is 13.5. The number of carbonyl (C=O) groups is 2. The summed E-state index contributed by atoms with van der Waals surface area (Å²) in [7, 11) is 0. The molecule has 7 nitrogen and oxygen atoms in total. The van der Waals surface area contributed by atoms with Gasteiger partial charge in [0.2, 0.25) is 5.91 Å². The minimum atomic E-state index is -0.487. The molecule has 1 heterocycles. The van der Waals surface area contributed by atoms with Crippen molar-refractivity contribution in [2.45, 2.75) is 26.8 Å². The van der Waals surface area contributed by atoms with Crippen LogP contribution < -0.4 is 10.9 Å². The van der Waals surface area contributed by atoms with Crippen LogP contribution in [0.4, 0.5) is 0 Å². The van der Waals surface area contributed by atoms with Crippen molar-refractivity contribution < 1.29 is 14.3 Å². The van der Waals surface area contributed by atoms with Crippen LogP contribution in [-0.2, 0) is 16.1 Å². The second kappa shape index (κ2) is 7.87. The third kappa shape index (κ3) is 4.08. The third-order valence-corrected chi connectivity index (χ3v) is 3.78. The minimum Gasteiger partial charge on any atom is -0.462 e. The standard InChI is InChI=1S/C16H19N3O4S/c1-3-19-14(21)12-6-5-11(9-13(12)18-16(19)24)15(22)23-8-4-7-17-10(2)20/h5-6,9H,3-4,7-8H2,1-2H3,(H,17,20)(H,18,24). The summed E-state index contributed by atoms with van der Waals surface area (Å²) in [4.78, 5) is 38.0. The van der Waals surface area contributed by atoms with Gasteiger partial charge in [-0.05, 0) is 43.8 Å². The first-order valence-corrected chi connectivity index (χ1v) is 8.03. The monoisotopic (exact) mass is 349 g/mol. The predicted molar refractivity (Wildman–Crippen MR) is 92.6 cm³/mol. The van der Waals surface area contributed by atoms with E-state index in [1.54, 1.807) is 18.2 Å². The smallest absolute Gasteiger partial charge is 0.338 e. The highest BCUT2D eigenvalue weighted by Crippen LogP contribution is 2.12. The Kier molecular flexibility index (Phi) is 5.86. The fraction of sp³-hybridized carbons (Fsp3) is 0.375. The number of esters is 1. The largest absolute Gasteiger partial charge is 0.462 e. The second-order valence-corrected chi connectivity index (χ2v) is 5.60. The Morgan fingerprint density at radius 2 is 2.12 bits per heavy atom. The molecule has 8 heteroatoms. The molecule has 0 aliphatic carbocycles. The predicted octanol–water partition coefficient (Wildman–Crippen LogP) is 1.76. The maximum absolute atomic E-state index is 12.3. The first-order chi connectivity index (χ1) is 11.4. The molecule has 0 atom stereocenters. The molecule has 2 N–H and O–H groups in total. The van der Waals surface area contributed by atoms with Gasteiger partial charge in [-0.2, -0.15) is 0 Å². The summed E-state index contributed by atoms with van der Waals surface area (Å²) in [6, 6.07) is 4.70. The van der Waals surface area contributed by atoms with Crippen LogP contribution in [0.25, 0.3) is 10.9 Å². The quantitative estimate of drug-likeness (QED) is 0.471. The Morgan fingerprint density at radius 1 is 1.38 bits per heavy atom. The Labute approximate surface area is 143 Å².